The van der Waals surface area contributed by atoms with E-state index in [1.165, 1.54) is 0 Å². The van der Waals surface area contributed by atoms with Gasteiger partial charge in [-0.25, -0.2) is 4.79 Å². The van der Waals surface area contributed by atoms with Crippen LogP contribution in [0.1, 0.15) is 56.7 Å². The number of aliphatic carboxylic acids is 1. The topological polar surface area (TPSA) is 109 Å². The highest BCUT2D eigenvalue weighted by molar-refractivity contribution is 5.79. The van der Waals surface area contributed by atoms with Crippen molar-refractivity contribution in [3.05, 3.63) is 11.7 Å². The van der Waals surface area contributed by atoms with Gasteiger partial charge in [0.2, 0.25) is 5.89 Å². The molecule has 0 bridgehead atoms. The maximum Gasteiger partial charge on any atom is 0.317 e. The van der Waals surface area contributed by atoms with E-state index in [0.29, 0.717) is 24.7 Å². The maximum absolute atomic E-state index is 12.4. The summed E-state index contributed by atoms with van der Waals surface area (Å²) in [4.78, 5) is 29.5. The lowest BCUT2D eigenvalue weighted by Gasteiger charge is -2.29. The van der Waals surface area contributed by atoms with Gasteiger partial charge in [0.05, 0.1) is 5.41 Å². The summed E-state index contributed by atoms with van der Waals surface area (Å²) >= 11 is 0. The molecule has 2 N–H and O–H groups in total. The first-order chi connectivity index (χ1) is 11.4. The van der Waals surface area contributed by atoms with E-state index in [1.807, 2.05) is 0 Å². The number of carboxylic acids is 1. The Morgan fingerprint density at radius 3 is 2.58 bits per heavy atom. The van der Waals surface area contributed by atoms with E-state index in [1.54, 1.807) is 18.7 Å². The van der Waals surface area contributed by atoms with E-state index in [4.69, 9.17) is 4.52 Å². The van der Waals surface area contributed by atoms with Crippen molar-refractivity contribution in [1.82, 2.24) is 20.4 Å². The van der Waals surface area contributed by atoms with Gasteiger partial charge >= 0.3 is 12.0 Å². The van der Waals surface area contributed by atoms with Gasteiger partial charge in [0.25, 0.3) is 0 Å². The third kappa shape index (κ3) is 3.37. The first-order valence-corrected chi connectivity index (χ1v) is 8.46. The Morgan fingerprint density at radius 1 is 1.33 bits per heavy atom. The molecule has 1 aliphatic carbocycles. The van der Waals surface area contributed by atoms with Gasteiger partial charge in [0, 0.05) is 25.0 Å². The van der Waals surface area contributed by atoms with Crippen molar-refractivity contribution in [2.45, 2.75) is 57.9 Å². The Morgan fingerprint density at radius 2 is 2.04 bits per heavy atom. The molecule has 0 spiro atoms. The van der Waals surface area contributed by atoms with Crippen molar-refractivity contribution >= 4 is 12.0 Å². The molecule has 8 nitrogen and oxygen atoms in total. The van der Waals surface area contributed by atoms with Gasteiger partial charge in [0.1, 0.15) is 0 Å². The minimum Gasteiger partial charge on any atom is -0.481 e. The number of urea groups is 1. The van der Waals surface area contributed by atoms with E-state index in [2.05, 4.69) is 15.5 Å². The van der Waals surface area contributed by atoms with Crippen molar-refractivity contribution in [1.29, 1.82) is 0 Å². The second-order valence-electron chi connectivity index (χ2n) is 7.22. The average molecular weight is 336 g/mol. The first kappa shape index (κ1) is 16.7. The molecule has 1 aliphatic heterocycles. The summed E-state index contributed by atoms with van der Waals surface area (Å²) in [6, 6.07) is -0.0356. The minimum absolute atomic E-state index is 0.120. The number of aromatic nitrogens is 2. The lowest BCUT2D eigenvalue weighted by molar-refractivity contribution is -0.147. The quantitative estimate of drug-likeness (QED) is 0.873. The summed E-state index contributed by atoms with van der Waals surface area (Å²) in [5.74, 6) is 0.764. The normalized spacial score (nSPS) is 30.3. The van der Waals surface area contributed by atoms with Crippen LogP contribution in [0.2, 0.25) is 0 Å². The summed E-state index contributed by atoms with van der Waals surface area (Å²) in [6.07, 6.45) is 4.03. The molecular formula is C16H24N4O4. The molecule has 8 heteroatoms. The minimum atomic E-state index is -0.840. The third-order valence-electron chi connectivity index (χ3n) is 5.22. The third-order valence-corrected chi connectivity index (χ3v) is 5.22. The number of carbonyl (C=O) groups excluding carboxylic acids is 1. The van der Waals surface area contributed by atoms with E-state index in [0.717, 1.165) is 25.7 Å². The van der Waals surface area contributed by atoms with E-state index in [-0.39, 0.29) is 24.5 Å². The van der Waals surface area contributed by atoms with Gasteiger partial charge in [0.15, 0.2) is 5.82 Å². The highest BCUT2D eigenvalue weighted by atomic mass is 16.5. The van der Waals surface area contributed by atoms with Crippen LogP contribution < -0.4 is 5.32 Å². The van der Waals surface area contributed by atoms with Crippen molar-refractivity contribution < 1.29 is 19.2 Å². The maximum atomic E-state index is 12.4. The van der Waals surface area contributed by atoms with Crippen LogP contribution in [0, 0.1) is 12.3 Å². The summed E-state index contributed by atoms with van der Waals surface area (Å²) in [5, 5.41) is 16.1. The van der Waals surface area contributed by atoms with E-state index < -0.39 is 11.4 Å². The standard InChI is InChI=1S/C16H24N4O4/c1-10-17-13(24-19-10)11-3-5-12(6-4-11)18-15(23)20-8-7-16(2,9-20)14(21)22/h11-12H,3-9H2,1-2H3,(H,18,23)(H,21,22). The van der Waals surface area contributed by atoms with Gasteiger partial charge in [-0.1, -0.05) is 5.16 Å². The number of hydrogen-bond acceptors (Lipinski definition) is 5. The molecule has 0 radical (unpaired) electrons. The fourth-order valence-electron chi connectivity index (χ4n) is 3.54. The molecule has 3 rings (SSSR count). The van der Waals surface area contributed by atoms with Gasteiger partial charge < -0.3 is 19.8 Å². The number of rotatable bonds is 3. The fraction of sp³-hybridized carbons (Fsp3) is 0.750. The molecule has 1 atom stereocenters. The Labute approximate surface area is 140 Å². The smallest absolute Gasteiger partial charge is 0.317 e. The summed E-state index contributed by atoms with van der Waals surface area (Å²) in [7, 11) is 0. The number of hydrogen-bond donors (Lipinski definition) is 2. The second kappa shape index (κ2) is 6.41. The average Bonchev–Trinajstić information content (AvgIpc) is 3.15. The first-order valence-electron chi connectivity index (χ1n) is 8.46. The molecule has 1 saturated heterocycles. The Balaban J connectivity index is 1.48. The molecule has 2 fully saturated rings. The molecule has 0 aromatic carbocycles. The predicted molar refractivity (Wildman–Crippen MR) is 84.5 cm³/mol. The highest BCUT2D eigenvalue weighted by Crippen LogP contribution is 2.33. The van der Waals surface area contributed by atoms with Gasteiger partial charge in [-0.2, -0.15) is 4.98 Å². The Hall–Kier alpha value is -2.12. The molecule has 1 unspecified atom stereocenters. The second-order valence-corrected chi connectivity index (χ2v) is 7.22. The zero-order valence-corrected chi connectivity index (χ0v) is 14.1. The van der Waals surface area contributed by atoms with Gasteiger partial charge in [-0.05, 0) is 46.0 Å². The molecule has 1 aromatic rings. The van der Waals surface area contributed by atoms with Crippen molar-refractivity contribution in [2.24, 2.45) is 5.41 Å². The molecule has 1 aromatic heterocycles. The molecule has 2 heterocycles. The van der Waals surface area contributed by atoms with Crippen LogP contribution in [0.4, 0.5) is 4.79 Å². The molecule has 24 heavy (non-hydrogen) atoms. The van der Waals surface area contributed by atoms with Gasteiger partial charge in [-0.15, -0.1) is 0 Å². The van der Waals surface area contributed by atoms with Crippen LogP contribution in [0.3, 0.4) is 0 Å². The summed E-state index contributed by atoms with van der Waals surface area (Å²) in [6.45, 7) is 4.26. The van der Waals surface area contributed by atoms with Crippen LogP contribution in [0.15, 0.2) is 4.52 Å². The van der Waals surface area contributed by atoms with Crippen LogP contribution in [-0.4, -0.2) is 51.3 Å². The van der Waals surface area contributed by atoms with Crippen LogP contribution in [0.5, 0.6) is 0 Å². The van der Waals surface area contributed by atoms with Crippen molar-refractivity contribution in [2.75, 3.05) is 13.1 Å². The molecule has 1 saturated carbocycles. The number of carbonyl (C=O) groups is 2. The van der Waals surface area contributed by atoms with Crippen molar-refractivity contribution in [3.8, 4) is 0 Å². The fourth-order valence-corrected chi connectivity index (χ4v) is 3.54. The summed E-state index contributed by atoms with van der Waals surface area (Å²) < 4.78 is 5.23. The van der Waals surface area contributed by atoms with E-state index in [9.17, 15) is 14.7 Å². The molecule has 132 valence electrons. The molecular weight excluding hydrogens is 312 g/mol. The van der Waals surface area contributed by atoms with Crippen LogP contribution in [0.25, 0.3) is 0 Å². The molecule has 2 aliphatic rings. The Bertz CT molecular complexity index is 623. The SMILES string of the molecule is Cc1noc(C2CCC(NC(=O)N3CCC(C)(C(=O)O)C3)CC2)n1. The summed E-state index contributed by atoms with van der Waals surface area (Å²) in [5.41, 5.74) is -0.829. The number of nitrogens with zero attached hydrogens (tertiary/aromatic N) is 3. The lowest BCUT2D eigenvalue weighted by Crippen LogP contribution is -2.46. The van der Waals surface area contributed by atoms with Crippen molar-refractivity contribution in [3.63, 3.8) is 0 Å². The predicted octanol–water partition coefficient (Wildman–Crippen LogP) is 1.91. The van der Waals surface area contributed by atoms with E-state index >= 15 is 0 Å². The number of aryl methyl sites for hydroxylation is 1. The number of amides is 2. The lowest BCUT2D eigenvalue weighted by atomic mass is 9.86. The van der Waals surface area contributed by atoms with Crippen LogP contribution >= 0.6 is 0 Å². The van der Waals surface area contributed by atoms with Crippen LogP contribution in [-0.2, 0) is 4.79 Å². The highest BCUT2D eigenvalue weighted by Gasteiger charge is 2.42. The zero-order valence-electron chi connectivity index (χ0n) is 14.1. The number of nitrogens with one attached hydrogen (secondary N) is 1. The van der Waals surface area contributed by atoms with Gasteiger partial charge in [-0.3, -0.25) is 4.79 Å². The number of carboxylic acid groups (broad SMARTS) is 1. The number of likely N-dealkylation sites (tertiary alicyclic amines) is 1. The molecule has 2 amide bonds. The monoisotopic (exact) mass is 336 g/mol. The zero-order chi connectivity index (χ0) is 17.3. The largest absolute Gasteiger partial charge is 0.481 e. The Kier molecular flexibility index (Phi) is 4.47.